The Labute approximate surface area is 142 Å². The molecule has 3 rings (SSSR count). The molecule has 24 heavy (non-hydrogen) atoms. The van der Waals surface area contributed by atoms with Crippen molar-refractivity contribution in [2.24, 2.45) is 0 Å². The first-order chi connectivity index (χ1) is 11.7. The summed E-state index contributed by atoms with van der Waals surface area (Å²) in [5.74, 6) is 0.784. The molecular weight excluding hydrogens is 300 g/mol. The van der Waals surface area contributed by atoms with Gasteiger partial charge in [0, 0.05) is 37.9 Å². The number of anilines is 1. The van der Waals surface area contributed by atoms with Gasteiger partial charge in [-0.2, -0.15) is 5.26 Å². The number of benzene rings is 1. The summed E-state index contributed by atoms with van der Waals surface area (Å²) in [6.07, 6.45) is 2.57. The van der Waals surface area contributed by atoms with Crippen molar-refractivity contribution in [1.29, 1.82) is 5.26 Å². The van der Waals surface area contributed by atoms with Gasteiger partial charge in [0.2, 0.25) is 0 Å². The summed E-state index contributed by atoms with van der Waals surface area (Å²) in [6, 6.07) is 13.4. The number of carbonyl (C=O) groups excluding carboxylic acids is 1. The Bertz CT molecular complexity index is 781. The summed E-state index contributed by atoms with van der Waals surface area (Å²) in [6.45, 7) is 4.82. The molecule has 5 heteroatoms. The van der Waals surface area contributed by atoms with Crippen molar-refractivity contribution in [3.05, 3.63) is 59.3 Å². The highest BCUT2D eigenvalue weighted by atomic mass is 16.2. The molecule has 0 saturated carbocycles. The predicted molar refractivity (Wildman–Crippen MR) is 92.9 cm³/mol. The number of nitriles is 1. The maximum Gasteiger partial charge on any atom is 0.253 e. The van der Waals surface area contributed by atoms with Gasteiger partial charge in [-0.3, -0.25) is 4.79 Å². The standard InChI is InChI=1S/C19H20N4O/c1-15-5-2-6-16(13-15)19(24)23-10-4-9-22(11-12-23)18-17(14-20)7-3-8-21-18/h2-3,5-8,13H,4,9-12H2,1H3. The third-order valence-corrected chi connectivity index (χ3v) is 4.25. The predicted octanol–water partition coefficient (Wildman–Crippen LogP) is 2.61. The van der Waals surface area contributed by atoms with Gasteiger partial charge in [0.05, 0.1) is 5.56 Å². The molecule has 0 spiro atoms. The van der Waals surface area contributed by atoms with Gasteiger partial charge < -0.3 is 9.80 Å². The highest BCUT2D eigenvalue weighted by molar-refractivity contribution is 5.94. The Balaban J connectivity index is 1.74. The van der Waals surface area contributed by atoms with Crippen LogP contribution in [0.3, 0.4) is 0 Å². The van der Waals surface area contributed by atoms with Crippen LogP contribution in [0.5, 0.6) is 0 Å². The molecule has 0 atom stereocenters. The van der Waals surface area contributed by atoms with Crippen molar-refractivity contribution >= 4 is 11.7 Å². The summed E-state index contributed by atoms with van der Waals surface area (Å²) in [4.78, 5) is 21.1. The maximum atomic E-state index is 12.7. The molecule has 1 amide bonds. The average Bonchev–Trinajstić information content (AvgIpc) is 2.87. The van der Waals surface area contributed by atoms with Crippen LogP contribution in [0.15, 0.2) is 42.6 Å². The zero-order valence-corrected chi connectivity index (χ0v) is 13.8. The molecule has 1 aliphatic heterocycles. The van der Waals surface area contributed by atoms with E-state index in [1.807, 2.05) is 36.1 Å². The van der Waals surface area contributed by atoms with Gasteiger partial charge in [0.15, 0.2) is 0 Å². The summed E-state index contributed by atoms with van der Waals surface area (Å²) < 4.78 is 0. The minimum absolute atomic E-state index is 0.0714. The van der Waals surface area contributed by atoms with Crippen molar-refractivity contribution in [2.45, 2.75) is 13.3 Å². The lowest BCUT2D eigenvalue weighted by atomic mass is 10.1. The van der Waals surface area contributed by atoms with E-state index in [0.29, 0.717) is 24.5 Å². The Morgan fingerprint density at radius 1 is 1.17 bits per heavy atom. The molecule has 2 aromatic rings. The lowest BCUT2D eigenvalue weighted by Crippen LogP contribution is -2.35. The van der Waals surface area contributed by atoms with Gasteiger partial charge in [0.25, 0.3) is 5.91 Å². The van der Waals surface area contributed by atoms with Gasteiger partial charge in [-0.15, -0.1) is 0 Å². The van der Waals surface area contributed by atoms with Crippen LogP contribution < -0.4 is 4.90 Å². The van der Waals surface area contributed by atoms with E-state index in [2.05, 4.69) is 16.0 Å². The first kappa shape index (κ1) is 16.0. The summed E-state index contributed by atoms with van der Waals surface area (Å²) in [5, 5.41) is 9.25. The number of hydrogen-bond donors (Lipinski definition) is 0. The van der Waals surface area contributed by atoms with Crippen LogP contribution in [0.4, 0.5) is 5.82 Å². The Hall–Kier alpha value is -2.87. The van der Waals surface area contributed by atoms with Crippen LogP contribution >= 0.6 is 0 Å². The fourth-order valence-corrected chi connectivity index (χ4v) is 3.03. The van der Waals surface area contributed by atoms with E-state index in [1.54, 1.807) is 18.3 Å². The highest BCUT2D eigenvalue weighted by Crippen LogP contribution is 2.19. The summed E-state index contributed by atoms with van der Waals surface area (Å²) in [5.41, 5.74) is 2.40. The minimum Gasteiger partial charge on any atom is -0.354 e. The lowest BCUT2D eigenvalue weighted by molar-refractivity contribution is 0.0767. The van der Waals surface area contributed by atoms with E-state index >= 15 is 0 Å². The number of nitrogens with zero attached hydrogens (tertiary/aromatic N) is 4. The Morgan fingerprint density at radius 3 is 2.83 bits per heavy atom. The average molecular weight is 320 g/mol. The van der Waals surface area contributed by atoms with Crippen molar-refractivity contribution in [3.63, 3.8) is 0 Å². The van der Waals surface area contributed by atoms with Crippen LogP contribution in [0, 0.1) is 18.3 Å². The summed E-state index contributed by atoms with van der Waals surface area (Å²) in [7, 11) is 0. The molecule has 0 unspecified atom stereocenters. The Kier molecular flexibility index (Phi) is 4.76. The molecule has 5 nitrogen and oxygen atoms in total. The van der Waals surface area contributed by atoms with E-state index in [0.717, 1.165) is 30.6 Å². The van der Waals surface area contributed by atoms with E-state index in [4.69, 9.17) is 0 Å². The topological polar surface area (TPSA) is 60.2 Å². The van der Waals surface area contributed by atoms with Crippen LogP contribution in [-0.4, -0.2) is 42.0 Å². The fraction of sp³-hybridized carbons (Fsp3) is 0.316. The molecule has 1 fully saturated rings. The minimum atomic E-state index is 0.0714. The molecule has 0 radical (unpaired) electrons. The van der Waals surface area contributed by atoms with E-state index in [-0.39, 0.29) is 5.91 Å². The third kappa shape index (κ3) is 3.38. The monoisotopic (exact) mass is 320 g/mol. The second-order valence-corrected chi connectivity index (χ2v) is 5.99. The second kappa shape index (κ2) is 7.14. The smallest absolute Gasteiger partial charge is 0.253 e. The SMILES string of the molecule is Cc1cccc(C(=O)N2CCCN(c3ncccc3C#N)CC2)c1. The molecule has 1 aromatic carbocycles. The van der Waals surface area contributed by atoms with Gasteiger partial charge in [-0.1, -0.05) is 17.7 Å². The quantitative estimate of drug-likeness (QED) is 0.853. The molecule has 1 aliphatic rings. The van der Waals surface area contributed by atoms with Gasteiger partial charge >= 0.3 is 0 Å². The number of hydrogen-bond acceptors (Lipinski definition) is 4. The van der Waals surface area contributed by atoms with E-state index in [9.17, 15) is 10.1 Å². The molecule has 0 N–H and O–H groups in total. The number of aromatic nitrogens is 1. The number of pyridine rings is 1. The Morgan fingerprint density at radius 2 is 2.04 bits per heavy atom. The zero-order valence-electron chi connectivity index (χ0n) is 13.8. The van der Waals surface area contributed by atoms with Crippen LogP contribution in [0.1, 0.15) is 27.9 Å². The number of rotatable bonds is 2. The number of amides is 1. The first-order valence-corrected chi connectivity index (χ1v) is 8.15. The third-order valence-electron chi connectivity index (χ3n) is 4.25. The van der Waals surface area contributed by atoms with Crippen LogP contribution in [0.25, 0.3) is 0 Å². The lowest BCUT2D eigenvalue weighted by Gasteiger charge is -2.23. The van der Waals surface area contributed by atoms with Crippen molar-refractivity contribution in [3.8, 4) is 6.07 Å². The highest BCUT2D eigenvalue weighted by Gasteiger charge is 2.22. The van der Waals surface area contributed by atoms with Crippen LogP contribution in [-0.2, 0) is 0 Å². The maximum absolute atomic E-state index is 12.7. The van der Waals surface area contributed by atoms with E-state index < -0.39 is 0 Å². The molecule has 1 aromatic heterocycles. The summed E-state index contributed by atoms with van der Waals surface area (Å²) >= 11 is 0. The number of aryl methyl sites for hydroxylation is 1. The molecule has 122 valence electrons. The first-order valence-electron chi connectivity index (χ1n) is 8.15. The van der Waals surface area contributed by atoms with Gasteiger partial charge in [0.1, 0.15) is 11.9 Å². The van der Waals surface area contributed by atoms with Gasteiger partial charge in [-0.25, -0.2) is 4.98 Å². The second-order valence-electron chi connectivity index (χ2n) is 5.99. The number of carbonyl (C=O) groups is 1. The fourth-order valence-electron chi connectivity index (χ4n) is 3.03. The van der Waals surface area contributed by atoms with Crippen molar-refractivity contribution in [1.82, 2.24) is 9.88 Å². The molecule has 0 aliphatic carbocycles. The molecular formula is C19H20N4O. The van der Waals surface area contributed by atoms with Crippen molar-refractivity contribution in [2.75, 3.05) is 31.1 Å². The van der Waals surface area contributed by atoms with Crippen molar-refractivity contribution < 1.29 is 4.79 Å². The normalized spacial score (nSPS) is 14.8. The van der Waals surface area contributed by atoms with Gasteiger partial charge in [-0.05, 0) is 37.6 Å². The molecule has 1 saturated heterocycles. The zero-order chi connectivity index (χ0) is 16.9. The molecule has 2 heterocycles. The largest absolute Gasteiger partial charge is 0.354 e. The molecule has 0 bridgehead atoms. The van der Waals surface area contributed by atoms with Crippen LogP contribution in [0.2, 0.25) is 0 Å². The van der Waals surface area contributed by atoms with E-state index in [1.165, 1.54) is 0 Å².